The van der Waals surface area contributed by atoms with E-state index in [2.05, 4.69) is 5.32 Å². The highest BCUT2D eigenvalue weighted by atomic mass is 16.5. The molecule has 0 spiro atoms. The van der Waals surface area contributed by atoms with Gasteiger partial charge in [0.1, 0.15) is 0 Å². The summed E-state index contributed by atoms with van der Waals surface area (Å²) >= 11 is 0. The van der Waals surface area contributed by atoms with Gasteiger partial charge in [-0.1, -0.05) is 24.3 Å². The molecular formula is C25H19N3O5. The molecule has 0 saturated carbocycles. The van der Waals surface area contributed by atoms with E-state index in [0.717, 1.165) is 10.3 Å². The predicted octanol–water partition coefficient (Wildman–Crippen LogP) is 3.27. The van der Waals surface area contributed by atoms with Crippen LogP contribution in [0.15, 0.2) is 60.7 Å². The molecule has 1 N–H and O–H groups in total. The zero-order valence-electron chi connectivity index (χ0n) is 17.5. The van der Waals surface area contributed by atoms with Gasteiger partial charge in [-0.05, 0) is 48.2 Å². The van der Waals surface area contributed by atoms with Crippen LogP contribution < -0.4 is 5.32 Å². The van der Waals surface area contributed by atoms with Gasteiger partial charge in [-0.2, -0.15) is 5.26 Å². The van der Waals surface area contributed by atoms with E-state index in [4.69, 9.17) is 10.00 Å². The molecule has 1 heterocycles. The van der Waals surface area contributed by atoms with Gasteiger partial charge in [-0.15, -0.1) is 0 Å². The molecule has 8 heteroatoms. The molecule has 0 radical (unpaired) electrons. The lowest BCUT2D eigenvalue weighted by molar-refractivity contribution is -0.147. The number of hydrogen-bond acceptors (Lipinski definition) is 6. The van der Waals surface area contributed by atoms with E-state index in [1.54, 1.807) is 48.5 Å². The Balaban J connectivity index is 1.27. The maximum atomic E-state index is 12.8. The fraction of sp³-hybridized carbons (Fsp3) is 0.160. The van der Waals surface area contributed by atoms with Crippen molar-refractivity contribution in [2.75, 3.05) is 18.5 Å². The average molecular weight is 441 g/mol. The number of anilines is 1. The first kappa shape index (κ1) is 21.7. The van der Waals surface area contributed by atoms with E-state index in [0.29, 0.717) is 27.8 Å². The second-order valence-corrected chi connectivity index (χ2v) is 7.47. The van der Waals surface area contributed by atoms with Gasteiger partial charge in [0.2, 0.25) is 0 Å². The van der Waals surface area contributed by atoms with Crippen molar-refractivity contribution in [3.63, 3.8) is 0 Å². The van der Waals surface area contributed by atoms with Gasteiger partial charge >= 0.3 is 5.97 Å². The fourth-order valence-corrected chi connectivity index (χ4v) is 3.71. The summed E-state index contributed by atoms with van der Waals surface area (Å²) in [5.41, 5.74) is 1.87. The number of nitriles is 1. The summed E-state index contributed by atoms with van der Waals surface area (Å²) in [6.45, 7) is -0.398. The number of hydrogen-bond donors (Lipinski definition) is 1. The van der Waals surface area contributed by atoms with Crippen molar-refractivity contribution in [1.82, 2.24) is 4.90 Å². The van der Waals surface area contributed by atoms with Crippen molar-refractivity contribution < 1.29 is 23.9 Å². The molecule has 3 aromatic carbocycles. The van der Waals surface area contributed by atoms with Gasteiger partial charge < -0.3 is 10.1 Å². The second-order valence-electron chi connectivity index (χ2n) is 7.47. The Bertz CT molecular complexity index is 1260. The summed E-state index contributed by atoms with van der Waals surface area (Å²) in [4.78, 5) is 50.8. The highest BCUT2D eigenvalue weighted by Gasteiger charge is 2.32. The number of imide groups is 1. The minimum Gasteiger partial charge on any atom is -0.456 e. The summed E-state index contributed by atoms with van der Waals surface area (Å²) < 4.78 is 4.98. The van der Waals surface area contributed by atoms with Crippen LogP contribution in [-0.2, 0) is 14.3 Å². The van der Waals surface area contributed by atoms with Gasteiger partial charge in [0.05, 0.1) is 11.6 Å². The third kappa shape index (κ3) is 4.57. The van der Waals surface area contributed by atoms with Crippen LogP contribution in [0, 0.1) is 11.3 Å². The average Bonchev–Trinajstić information content (AvgIpc) is 2.83. The largest absolute Gasteiger partial charge is 0.456 e. The Hall–Kier alpha value is -4.51. The molecule has 1 aliphatic rings. The Morgan fingerprint density at radius 1 is 0.939 bits per heavy atom. The first-order chi connectivity index (χ1) is 16.0. The monoisotopic (exact) mass is 441 g/mol. The molecule has 8 nitrogen and oxygen atoms in total. The highest BCUT2D eigenvalue weighted by molar-refractivity contribution is 6.25. The predicted molar refractivity (Wildman–Crippen MR) is 119 cm³/mol. The second kappa shape index (κ2) is 9.32. The molecule has 0 bridgehead atoms. The molecule has 0 saturated heterocycles. The number of esters is 1. The lowest BCUT2D eigenvalue weighted by atomic mass is 9.94. The van der Waals surface area contributed by atoms with Gasteiger partial charge in [-0.3, -0.25) is 24.1 Å². The van der Waals surface area contributed by atoms with E-state index >= 15 is 0 Å². The smallest absolute Gasteiger partial charge is 0.306 e. The van der Waals surface area contributed by atoms with Crippen LogP contribution in [-0.4, -0.2) is 41.7 Å². The number of carbonyl (C=O) groups is 4. The van der Waals surface area contributed by atoms with Crippen LogP contribution in [0.4, 0.5) is 5.69 Å². The third-order valence-electron chi connectivity index (χ3n) is 5.28. The van der Waals surface area contributed by atoms with E-state index in [9.17, 15) is 19.2 Å². The summed E-state index contributed by atoms with van der Waals surface area (Å²) in [6, 6.07) is 18.9. The third-order valence-corrected chi connectivity index (χ3v) is 5.28. The number of benzene rings is 3. The van der Waals surface area contributed by atoms with Crippen molar-refractivity contribution in [3.05, 3.63) is 77.4 Å². The number of amides is 3. The van der Waals surface area contributed by atoms with Crippen molar-refractivity contribution >= 4 is 40.2 Å². The quantitative estimate of drug-likeness (QED) is 0.444. The molecule has 3 amide bonds. The molecule has 0 atom stereocenters. The number of ether oxygens (including phenoxy) is 1. The number of rotatable bonds is 7. The maximum absolute atomic E-state index is 12.8. The zero-order chi connectivity index (χ0) is 23.4. The molecule has 0 fully saturated rings. The van der Waals surface area contributed by atoms with E-state index in [1.165, 1.54) is 0 Å². The molecule has 1 aliphatic heterocycles. The van der Waals surface area contributed by atoms with Crippen LogP contribution in [0.25, 0.3) is 10.8 Å². The minimum atomic E-state index is -0.607. The van der Waals surface area contributed by atoms with Crippen LogP contribution in [0.3, 0.4) is 0 Å². The lowest BCUT2D eigenvalue weighted by Crippen LogP contribution is -2.41. The van der Waals surface area contributed by atoms with Crippen molar-refractivity contribution in [2.45, 2.75) is 12.8 Å². The first-order valence-corrected chi connectivity index (χ1v) is 10.3. The fourth-order valence-electron chi connectivity index (χ4n) is 3.71. The Kier molecular flexibility index (Phi) is 6.13. The van der Waals surface area contributed by atoms with Crippen molar-refractivity contribution in [2.24, 2.45) is 0 Å². The molecule has 4 rings (SSSR count). The molecule has 3 aromatic rings. The van der Waals surface area contributed by atoms with E-state index in [-0.39, 0.29) is 31.2 Å². The molecule has 33 heavy (non-hydrogen) atoms. The van der Waals surface area contributed by atoms with E-state index in [1.807, 2.05) is 18.2 Å². The SMILES string of the molecule is N#Cc1ccc(NC(=O)COC(=O)CCCN2C(=O)c3cccc4cccc(c34)C2=O)cc1. The molecule has 0 unspecified atom stereocenters. The van der Waals surface area contributed by atoms with Gasteiger partial charge in [0, 0.05) is 35.2 Å². The standard InChI is InChI=1S/C25H19N3O5/c26-14-16-9-11-18(12-10-16)27-21(29)15-33-22(30)8-3-13-28-24(31)19-6-1-4-17-5-2-7-20(23(17)19)25(28)32/h1-2,4-7,9-12H,3,8,13,15H2,(H,27,29). The highest BCUT2D eigenvalue weighted by Crippen LogP contribution is 2.30. The Morgan fingerprint density at radius 2 is 1.58 bits per heavy atom. The van der Waals surface area contributed by atoms with Gasteiger partial charge in [-0.25, -0.2) is 0 Å². The normalized spacial score (nSPS) is 12.4. The van der Waals surface area contributed by atoms with Crippen LogP contribution in [0.5, 0.6) is 0 Å². The van der Waals surface area contributed by atoms with Gasteiger partial charge in [0.25, 0.3) is 17.7 Å². The summed E-state index contributed by atoms with van der Waals surface area (Å²) in [7, 11) is 0. The van der Waals surface area contributed by atoms with Crippen molar-refractivity contribution in [1.29, 1.82) is 5.26 Å². The Morgan fingerprint density at radius 3 is 2.18 bits per heavy atom. The number of nitrogens with zero attached hydrogens (tertiary/aromatic N) is 2. The molecular weight excluding hydrogens is 422 g/mol. The zero-order valence-corrected chi connectivity index (χ0v) is 17.5. The number of carbonyl (C=O) groups excluding carboxylic acids is 4. The summed E-state index contributed by atoms with van der Waals surface area (Å²) in [5, 5.41) is 12.8. The lowest BCUT2D eigenvalue weighted by Gasteiger charge is -2.27. The van der Waals surface area contributed by atoms with Crippen LogP contribution >= 0.6 is 0 Å². The first-order valence-electron chi connectivity index (χ1n) is 10.3. The topological polar surface area (TPSA) is 117 Å². The number of nitrogens with one attached hydrogen (secondary N) is 1. The Labute approximate surface area is 189 Å². The van der Waals surface area contributed by atoms with Crippen molar-refractivity contribution in [3.8, 4) is 6.07 Å². The molecule has 0 aliphatic carbocycles. The molecule has 0 aromatic heterocycles. The molecule has 164 valence electrons. The van der Waals surface area contributed by atoms with Crippen LogP contribution in [0.1, 0.15) is 39.1 Å². The van der Waals surface area contributed by atoms with E-state index < -0.39 is 18.5 Å². The maximum Gasteiger partial charge on any atom is 0.306 e. The summed E-state index contributed by atoms with van der Waals surface area (Å²) in [6.07, 6.45) is 0.165. The van der Waals surface area contributed by atoms with Gasteiger partial charge in [0.15, 0.2) is 6.61 Å². The summed E-state index contributed by atoms with van der Waals surface area (Å²) in [5.74, 6) is -1.90. The van der Waals surface area contributed by atoms with Crippen LogP contribution in [0.2, 0.25) is 0 Å². The minimum absolute atomic E-state index is 0.0486.